The highest BCUT2D eigenvalue weighted by atomic mass is 16.3. The minimum atomic E-state index is -0.00208. The van der Waals surface area contributed by atoms with Crippen molar-refractivity contribution in [2.45, 2.75) is 44.7 Å². The van der Waals surface area contributed by atoms with E-state index in [9.17, 15) is 15.3 Å². The summed E-state index contributed by atoms with van der Waals surface area (Å²) in [5, 5.41) is 32.1. The van der Waals surface area contributed by atoms with Gasteiger partial charge in [0.25, 0.3) is 0 Å². The maximum absolute atomic E-state index is 9.86. The second kappa shape index (κ2) is 6.26. The smallest absolute Gasteiger partial charge is 0.124 e. The van der Waals surface area contributed by atoms with Crippen molar-refractivity contribution >= 4 is 0 Å². The van der Waals surface area contributed by atoms with Crippen LogP contribution < -0.4 is 5.32 Å². The number of aromatic hydroxyl groups is 2. The van der Waals surface area contributed by atoms with Gasteiger partial charge in [0.2, 0.25) is 0 Å². The first-order valence-corrected chi connectivity index (χ1v) is 7.00. The summed E-state index contributed by atoms with van der Waals surface area (Å²) in [6, 6.07) is 4.97. The molecule has 0 heterocycles. The van der Waals surface area contributed by atoms with E-state index in [1.165, 1.54) is 18.9 Å². The van der Waals surface area contributed by atoms with E-state index in [1.807, 2.05) is 6.92 Å². The number of aliphatic hydroxyl groups is 1. The maximum atomic E-state index is 9.86. The molecular formula is C15H23NO3. The van der Waals surface area contributed by atoms with Gasteiger partial charge < -0.3 is 20.6 Å². The van der Waals surface area contributed by atoms with E-state index in [-0.39, 0.29) is 24.1 Å². The first-order valence-electron chi connectivity index (χ1n) is 7.00. The van der Waals surface area contributed by atoms with Gasteiger partial charge in [-0.1, -0.05) is 18.9 Å². The van der Waals surface area contributed by atoms with Crippen molar-refractivity contribution in [3.05, 3.63) is 23.8 Å². The number of phenols is 2. The Morgan fingerprint density at radius 3 is 2.68 bits per heavy atom. The summed E-state index contributed by atoms with van der Waals surface area (Å²) >= 11 is 0. The Morgan fingerprint density at radius 1 is 1.26 bits per heavy atom. The first kappa shape index (κ1) is 14.2. The minimum Gasteiger partial charge on any atom is -0.508 e. The molecule has 1 aromatic carbocycles. The Labute approximate surface area is 114 Å². The third-order valence-corrected chi connectivity index (χ3v) is 4.09. The number of hydrogen-bond donors (Lipinski definition) is 4. The molecule has 3 unspecified atom stereocenters. The van der Waals surface area contributed by atoms with Crippen LogP contribution in [0.3, 0.4) is 0 Å². The van der Waals surface area contributed by atoms with Gasteiger partial charge in [0.15, 0.2) is 0 Å². The molecule has 19 heavy (non-hydrogen) atoms. The van der Waals surface area contributed by atoms with E-state index in [2.05, 4.69) is 5.32 Å². The minimum absolute atomic E-state index is 0.00208. The number of benzene rings is 1. The molecule has 4 N–H and O–H groups in total. The highest BCUT2D eigenvalue weighted by Crippen LogP contribution is 2.31. The predicted octanol–water partition coefficient (Wildman–Crippen LogP) is 2.30. The number of phenolic OH excluding ortho intramolecular Hbond substituents is 2. The van der Waals surface area contributed by atoms with Gasteiger partial charge in [-0.15, -0.1) is 0 Å². The normalized spacial score (nSPS) is 25.2. The fraction of sp³-hybridized carbons (Fsp3) is 0.600. The van der Waals surface area contributed by atoms with Gasteiger partial charge in [0, 0.05) is 30.3 Å². The van der Waals surface area contributed by atoms with Crippen molar-refractivity contribution in [3.8, 4) is 11.5 Å². The maximum Gasteiger partial charge on any atom is 0.124 e. The number of aliphatic hydroxyl groups excluding tert-OH is 1. The zero-order chi connectivity index (χ0) is 13.8. The van der Waals surface area contributed by atoms with Crippen LogP contribution in [0, 0.1) is 5.92 Å². The van der Waals surface area contributed by atoms with E-state index in [0.717, 1.165) is 18.4 Å². The lowest BCUT2D eigenvalue weighted by Crippen LogP contribution is -2.41. The summed E-state index contributed by atoms with van der Waals surface area (Å²) in [7, 11) is 0. The van der Waals surface area contributed by atoms with Crippen LogP contribution in [0.4, 0.5) is 0 Å². The number of nitrogens with one attached hydrogen (secondary N) is 1. The van der Waals surface area contributed by atoms with Crippen LogP contribution in [0.25, 0.3) is 0 Å². The lowest BCUT2D eigenvalue weighted by atomic mass is 9.84. The van der Waals surface area contributed by atoms with E-state index in [1.54, 1.807) is 12.1 Å². The molecule has 106 valence electrons. The molecule has 4 nitrogen and oxygen atoms in total. The van der Waals surface area contributed by atoms with Crippen molar-refractivity contribution in [2.75, 3.05) is 6.61 Å². The standard InChI is InChI=1S/C15H23NO3/c1-10(13-7-6-12(18)8-15(13)19)16-14-5-3-2-4-11(14)9-17/h6-8,10-11,14,16-19H,2-5,9H2,1H3. The van der Waals surface area contributed by atoms with Crippen LogP contribution >= 0.6 is 0 Å². The van der Waals surface area contributed by atoms with Crippen molar-refractivity contribution in [2.24, 2.45) is 5.92 Å². The van der Waals surface area contributed by atoms with Crippen LogP contribution in [0.2, 0.25) is 0 Å². The zero-order valence-corrected chi connectivity index (χ0v) is 11.3. The molecule has 1 saturated carbocycles. The fourth-order valence-corrected chi connectivity index (χ4v) is 2.95. The molecule has 1 fully saturated rings. The third-order valence-electron chi connectivity index (χ3n) is 4.09. The summed E-state index contributed by atoms with van der Waals surface area (Å²) in [6.45, 7) is 2.21. The largest absolute Gasteiger partial charge is 0.508 e. The Hall–Kier alpha value is -1.26. The topological polar surface area (TPSA) is 72.7 Å². The van der Waals surface area contributed by atoms with Crippen molar-refractivity contribution in [3.63, 3.8) is 0 Å². The molecule has 1 aliphatic rings. The van der Waals surface area contributed by atoms with Crippen molar-refractivity contribution in [1.29, 1.82) is 0 Å². The Balaban J connectivity index is 2.05. The summed E-state index contributed by atoms with van der Waals surface area (Å²) in [4.78, 5) is 0. The second-order valence-electron chi connectivity index (χ2n) is 5.47. The molecule has 0 saturated heterocycles. The summed E-state index contributed by atoms with van der Waals surface area (Å²) in [5.41, 5.74) is 0.778. The monoisotopic (exact) mass is 265 g/mol. The van der Waals surface area contributed by atoms with Gasteiger partial charge >= 0.3 is 0 Å². The predicted molar refractivity (Wildman–Crippen MR) is 74.2 cm³/mol. The molecule has 0 amide bonds. The summed E-state index contributed by atoms with van der Waals surface area (Å²) in [5.74, 6) is 0.478. The van der Waals surface area contributed by atoms with E-state index in [0.29, 0.717) is 12.0 Å². The lowest BCUT2D eigenvalue weighted by molar-refractivity contribution is 0.147. The summed E-state index contributed by atoms with van der Waals surface area (Å²) < 4.78 is 0. The molecule has 1 aliphatic carbocycles. The molecule has 0 aromatic heterocycles. The van der Waals surface area contributed by atoms with Crippen LogP contribution in [-0.2, 0) is 0 Å². The Morgan fingerprint density at radius 2 is 2.00 bits per heavy atom. The van der Waals surface area contributed by atoms with Gasteiger partial charge in [-0.05, 0) is 31.7 Å². The SMILES string of the molecule is CC(NC1CCCCC1CO)c1ccc(O)cc1O. The Bertz CT molecular complexity index is 422. The molecule has 0 spiro atoms. The molecule has 3 atom stereocenters. The average molecular weight is 265 g/mol. The van der Waals surface area contributed by atoms with Gasteiger partial charge in [-0.3, -0.25) is 0 Å². The molecule has 1 aromatic rings. The van der Waals surface area contributed by atoms with Crippen LogP contribution in [0.5, 0.6) is 11.5 Å². The van der Waals surface area contributed by atoms with E-state index >= 15 is 0 Å². The van der Waals surface area contributed by atoms with E-state index in [4.69, 9.17) is 0 Å². The van der Waals surface area contributed by atoms with Crippen molar-refractivity contribution < 1.29 is 15.3 Å². The average Bonchev–Trinajstić information content (AvgIpc) is 2.39. The van der Waals surface area contributed by atoms with Crippen LogP contribution in [0.1, 0.15) is 44.2 Å². The first-order chi connectivity index (χ1) is 9.11. The van der Waals surface area contributed by atoms with Gasteiger partial charge in [-0.25, -0.2) is 0 Å². The molecule has 2 rings (SSSR count). The number of hydrogen-bond acceptors (Lipinski definition) is 4. The van der Waals surface area contributed by atoms with Crippen molar-refractivity contribution in [1.82, 2.24) is 5.32 Å². The van der Waals surface area contributed by atoms with Gasteiger partial charge in [0.1, 0.15) is 11.5 Å². The molecular weight excluding hydrogens is 242 g/mol. The number of rotatable bonds is 4. The van der Waals surface area contributed by atoms with E-state index < -0.39 is 0 Å². The molecule has 0 radical (unpaired) electrons. The fourth-order valence-electron chi connectivity index (χ4n) is 2.95. The second-order valence-corrected chi connectivity index (χ2v) is 5.47. The Kier molecular flexibility index (Phi) is 4.66. The third kappa shape index (κ3) is 3.39. The molecule has 0 aliphatic heterocycles. The zero-order valence-electron chi connectivity index (χ0n) is 11.3. The highest BCUT2D eigenvalue weighted by molar-refractivity contribution is 5.40. The quantitative estimate of drug-likeness (QED) is 0.674. The van der Waals surface area contributed by atoms with Gasteiger partial charge in [0.05, 0.1) is 0 Å². The lowest BCUT2D eigenvalue weighted by Gasteiger charge is -2.33. The summed E-state index contributed by atoms with van der Waals surface area (Å²) in [6.07, 6.45) is 4.49. The molecule has 4 heteroatoms. The highest BCUT2D eigenvalue weighted by Gasteiger charge is 2.26. The van der Waals surface area contributed by atoms with Gasteiger partial charge in [-0.2, -0.15) is 0 Å². The van der Waals surface area contributed by atoms with Crippen LogP contribution in [-0.4, -0.2) is 28.0 Å². The molecule has 0 bridgehead atoms. The van der Waals surface area contributed by atoms with Crippen LogP contribution in [0.15, 0.2) is 18.2 Å².